The van der Waals surface area contributed by atoms with Crippen LogP contribution in [0.1, 0.15) is 83.1 Å². The molecule has 0 spiro atoms. The Kier molecular flexibility index (Phi) is 35.0. The summed E-state index contributed by atoms with van der Waals surface area (Å²) >= 11 is 0. The average molecular weight is 591 g/mol. The van der Waals surface area contributed by atoms with Crippen molar-refractivity contribution in [2.24, 2.45) is 0 Å². The maximum absolute atomic E-state index is 7.78. The van der Waals surface area contributed by atoms with Crippen LogP contribution in [0.4, 0.5) is 0 Å². The molecule has 4 N–H and O–H groups in total. The van der Waals surface area contributed by atoms with Crippen LogP contribution >= 0.6 is 29.7 Å². The minimum absolute atomic E-state index is 0. The van der Waals surface area contributed by atoms with Gasteiger partial charge in [0.2, 0.25) is 0 Å². The molecule has 0 saturated heterocycles. The Bertz CT molecular complexity index is 284. The van der Waals surface area contributed by atoms with Crippen LogP contribution in [-0.4, -0.2) is 73.9 Å². The minimum atomic E-state index is -1.16. The molecule has 0 saturated carbocycles. The van der Waals surface area contributed by atoms with Crippen molar-refractivity contribution >= 4 is 29.7 Å². The van der Waals surface area contributed by atoms with Gasteiger partial charge in [-0.3, -0.25) is 0 Å². The molecule has 0 atom stereocenters. The minimum Gasteiger partial charge on any atom is -0.505 e. The molecule has 0 amide bonds. The monoisotopic (exact) mass is 590 g/mol. The molecule has 0 aliphatic carbocycles. The zero-order valence-corrected chi connectivity index (χ0v) is 29.2. The first kappa shape index (κ1) is 45.0. The summed E-state index contributed by atoms with van der Waals surface area (Å²) in [4.78, 5) is 0. The van der Waals surface area contributed by atoms with Crippen molar-refractivity contribution in [3.8, 4) is 0 Å². The quantitative estimate of drug-likeness (QED) is 0.159. The third-order valence-corrected chi connectivity index (χ3v) is 21.8. The van der Waals surface area contributed by atoms with Gasteiger partial charge in [0.15, 0.2) is 0 Å². The van der Waals surface area contributed by atoms with Gasteiger partial charge in [0.25, 0.3) is 0 Å². The second-order valence-corrected chi connectivity index (χ2v) is 25.1. The van der Waals surface area contributed by atoms with E-state index in [0.717, 1.165) is 73.9 Å². The molecule has 0 aliphatic heterocycles. The Morgan fingerprint density at radius 2 is 0.333 bits per heavy atom. The van der Waals surface area contributed by atoms with E-state index >= 15 is 0 Å². The molecule has 0 aromatic carbocycles. The number of nitrogens with one attached hydrogen (secondary N) is 4. The van der Waals surface area contributed by atoms with Crippen LogP contribution in [0.5, 0.6) is 0 Å². The van der Waals surface area contributed by atoms with Crippen LogP contribution in [0.3, 0.4) is 0 Å². The molecular formula is C24H64N4NiP4+2. The van der Waals surface area contributed by atoms with Crippen LogP contribution in [-0.2, 0) is 16.5 Å². The van der Waals surface area contributed by atoms with Crippen molar-refractivity contribution in [3.63, 3.8) is 0 Å². The van der Waals surface area contributed by atoms with Gasteiger partial charge in [0.1, 0.15) is 0 Å². The number of hydrogen-bond donors (Lipinski definition) is 0. The van der Waals surface area contributed by atoms with Gasteiger partial charge >= 0.3 is 16.5 Å². The van der Waals surface area contributed by atoms with Gasteiger partial charge in [-0.1, -0.05) is 29.7 Å². The average Bonchev–Trinajstić information content (AvgIpc) is 2.87. The van der Waals surface area contributed by atoms with Crippen molar-refractivity contribution in [2.75, 3.05) is 73.9 Å². The second-order valence-electron chi connectivity index (χ2n) is 8.38. The van der Waals surface area contributed by atoms with Crippen LogP contribution in [0.25, 0.3) is 22.0 Å². The molecule has 4 nitrogen and oxygen atoms in total. The predicted octanol–water partition coefficient (Wildman–Crippen LogP) is 12.1. The summed E-state index contributed by atoms with van der Waals surface area (Å²) in [5, 5.41) is 0. The normalized spacial score (nSPS) is 11.6. The third-order valence-electron chi connectivity index (χ3n) is 7.26. The van der Waals surface area contributed by atoms with Crippen molar-refractivity contribution in [1.82, 2.24) is 0 Å². The number of rotatable bonds is 12. The summed E-state index contributed by atoms with van der Waals surface area (Å²) < 4.78 is 0. The summed E-state index contributed by atoms with van der Waals surface area (Å²) in [6.45, 7) is 25.6. The van der Waals surface area contributed by atoms with Crippen LogP contribution in [0, 0.1) is 0 Å². The third kappa shape index (κ3) is 24.2. The van der Waals surface area contributed by atoms with Gasteiger partial charge in [0, 0.05) is 73.9 Å². The topological polar surface area (TPSA) is 95.2 Å². The molecule has 0 bridgehead atoms. The van der Waals surface area contributed by atoms with Crippen molar-refractivity contribution in [3.05, 3.63) is 22.0 Å². The van der Waals surface area contributed by atoms with E-state index in [1.54, 1.807) is 0 Å². The van der Waals surface area contributed by atoms with E-state index in [9.17, 15) is 0 Å². The van der Waals surface area contributed by atoms with Gasteiger partial charge in [0.05, 0.1) is 0 Å². The summed E-state index contributed by atoms with van der Waals surface area (Å²) in [5.41, 5.74) is 31.1. The van der Waals surface area contributed by atoms with Crippen molar-refractivity contribution in [1.29, 1.82) is 0 Å². The smallest absolute Gasteiger partial charge is 0.505 e. The zero-order chi connectivity index (χ0) is 26.5. The molecule has 0 aromatic heterocycles. The molecule has 33 heavy (non-hydrogen) atoms. The molecule has 0 rings (SSSR count). The van der Waals surface area contributed by atoms with E-state index in [2.05, 4.69) is 83.1 Å². The molecule has 0 fully saturated rings. The Morgan fingerprint density at radius 3 is 0.333 bits per heavy atom. The number of hydrogen-bond acceptors (Lipinski definition) is 0. The Balaban J connectivity index is -0.000000105. The van der Waals surface area contributed by atoms with E-state index in [4.69, 9.17) is 22.0 Å². The molecule has 0 heterocycles. The van der Waals surface area contributed by atoms with E-state index < -0.39 is 29.7 Å². The molecule has 0 aromatic rings. The summed E-state index contributed by atoms with van der Waals surface area (Å²) in [7, 11) is -4.65. The van der Waals surface area contributed by atoms with Crippen LogP contribution < -0.4 is 0 Å². The van der Waals surface area contributed by atoms with Gasteiger partial charge < -0.3 is 22.0 Å². The van der Waals surface area contributed by atoms with E-state index in [-0.39, 0.29) is 16.5 Å². The van der Waals surface area contributed by atoms with E-state index in [1.807, 2.05) is 0 Å². The second kappa shape index (κ2) is 25.7. The summed E-state index contributed by atoms with van der Waals surface area (Å²) in [6, 6.07) is 0. The first-order valence-electron chi connectivity index (χ1n) is 13.2. The van der Waals surface area contributed by atoms with E-state index in [1.165, 1.54) is 0 Å². The molecule has 0 unspecified atom stereocenters. The molecule has 0 radical (unpaired) electrons. The van der Waals surface area contributed by atoms with Crippen LogP contribution in [0.15, 0.2) is 0 Å². The fourth-order valence-corrected chi connectivity index (χ4v) is 8.05. The SMILES string of the molecule is CC[P+]([NH-])(CC)CC.CC[P+]([NH-])(CC)CC.CC[P+]([NH-])(CC)CC.CC[P+]([NH-])(CC)CC.[Ni+2]. The molecular weight excluding hydrogens is 527 g/mol. The van der Waals surface area contributed by atoms with Gasteiger partial charge in [-0.2, -0.15) is 0 Å². The fraction of sp³-hybridized carbons (Fsp3) is 1.00. The Morgan fingerprint density at radius 1 is 0.273 bits per heavy atom. The van der Waals surface area contributed by atoms with Gasteiger partial charge in [-0.25, -0.2) is 0 Å². The Labute approximate surface area is 224 Å². The fourth-order valence-electron chi connectivity index (χ4n) is 2.68. The summed E-state index contributed by atoms with van der Waals surface area (Å²) in [5.74, 6) is 0. The van der Waals surface area contributed by atoms with Gasteiger partial charge in [-0.05, 0) is 83.1 Å². The molecule has 208 valence electrons. The Hall–Kier alpha value is 2.05. The zero-order valence-electron chi connectivity index (χ0n) is 24.6. The van der Waals surface area contributed by atoms with Crippen LogP contribution in [0.2, 0.25) is 0 Å². The van der Waals surface area contributed by atoms with E-state index in [0.29, 0.717) is 0 Å². The maximum atomic E-state index is 7.78. The molecule has 9 heteroatoms. The largest absolute Gasteiger partial charge is 2.00 e. The maximum Gasteiger partial charge on any atom is 2.00 e. The summed E-state index contributed by atoms with van der Waals surface area (Å²) in [6.07, 6.45) is 13.2. The molecule has 0 aliphatic rings. The standard InChI is InChI=1S/4C6H16NP.Ni/c4*1-4-8(7,5-2)6-3;/h4*7H,4-6H2,1-3H3;/q;;;;+2. The first-order chi connectivity index (χ1) is 14.7. The van der Waals surface area contributed by atoms with Crippen molar-refractivity contribution < 1.29 is 16.5 Å². The predicted molar refractivity (Wildman–Crippen MR) is 171 cm³/mol. The first-order valence-corrected chi connectivity index (χ1v) is 22.6. The van der Waals surface area contributed by atoms with Gasteiger partial charge in [-0.15, -0.1) is 0 Å². The van der Waals surface area contributed by atoms with Crippen molar-refractivity contribution in [2.45, 2.75) is 83.1 Å².